The molecule has 1 fully saturated rings. The van der Waals surface area contributed by atoms with Gasteiger partial charge in [0.2, 0.25) is 5.91 Å². The zero-order valence-corrected chi connectivity index (χ0v) is 16.4. The molecule has 0 aliphatic carbocycles. The Morgan fingerprint density at radius 2 is 1.61 bits per heavy atom. The van der Waals surface area contributed by atoms with Crippen molar-refractivity contribution in [2.45, 2.75) is 45.7 Å². The maximum Gasteiger partial charge on any atom is 0.257 e. The number of rotatable bonds is 3. The molecule has 28 heavy (non-hydrogen) atoms. The first-order valence-corrected chi connectivity index (χ1v) is 9.12. The van der Waals surface area contributed by atoms with Gasteiger partial charge in [-0.3, -0.25) is 14.4 Å². The van der Waals surface area contributed by atoms with E-state index in [4.69, 9.17) is 0 Å². The van der Waals surface area contributed by atoms with Crippen molar-refractivity contribution < 1.29 is 18.8 Å². The van der Waals surface area contributed by atoms with Crippen LogP contribution in [0.2, 0.25) is 0 Å². The predicted molar refractivity (Wildman–Crippen MR) is 104 cm³/mol. The standard InChI is InChI=1S/C22H23FN2O3/c1-14-5-7-15(8-6-14)20(27)25(22(2,3)4)18-13-19(26)24(21(18)28)17-11-9-16(23)10-12-17/h5-12,18H,13H2,1-4H3. The van der Waals surface area contributed by atoms with Gasteiger partial charge in [0.1, 0.15) is 11.9 Å². The average molecular weight is 382 g/mol. The number of amides is 3. The second kappa shape index (κ2) is 7.19. The number of carbonyl (C=O) groups excluding carboxylic acids is 3. The Bertz CT molecular complexity index is 914. The Morgan fingerprint density at radius 1 is 1.04 bits per heavy atom. The number of anilines is 1. The molecular weight excluding hydrogens is 359 g/mol. The average Bonchev–Trinajstić information content (AvgIpc) is 2.89. The minimum Gasteiger partial charge on any atom is -0.321 e. The number of halogens is 1. The van der Waals surface area contributed by atoms with E-state index < -0.39 is 29.2 Å². The van der Waals surface area contributed by atoms with Crippen molar-refractivity contribution in [1.29, 1.82) is 0 Å². The number of nitrogens with zero attached hydrogens (tertiary/aromatic N) is 2. The lowest BCUT2D eigenvalue weighted by Crippen LogP contribution is -2.54. The summed E-state index contributed by atoms with van der Waals surface area (Å²) in [6.45, 7) is 7.42. The highest BCUT2D eigenvalue weighted by Gasteiger charge is 2.47. The van der Waals surface area contributed by atoms with Crippen molar-refractivity contribution in [2.24, 2.45) is 0 Å². The molecule has 2 aromatic carbocycles. The third-order valence-corrected chi connectivity index (χ3v) is 4.76. The summed E-state index contributed by atoms with van der Waals surface area (Å²) in [5.74, 6) is -1.65. The molecule has 0 bridgehead atoms. The normalized spacial score (nSPS) is 17.2. The highest BCUT2D eigenvalue weighted by atomic mass is 19.1. The highest BCUT2D eigenvalue weighted by Crippen LogP contribution is 2.31. The van der Waals surface area contributed by atoms with Crippen molar-refractivity contribution in [3.63, 3.8) is 0 Å². The van der Waals surface area contributed by atoms with E-state index >= 15 is 0 Å². The largest absolute Gasteiger partial charge is 0.321 e. The molecule has 0 radical (unpaired) electrons. The van der Waals surface area contributed by atoms with Crippen LogP contribution in [0.1, 0.15) is 43.1 Å². The minimum absolute atomic E-state index is 0.106. The van der Waals surface area contributed by atoms with Gasteiger partial charge < -0.3 is 4.90 Å². The van der Waals surface area contributed by atoms with Crippen molar-refractivity contribution in [1.82, 2.24) is 4.90 Å². The third-order valence-electron chi connectivity index (χ3n) is 4.76. The molecule has 0 spiro atoms. The molecule has 0 saturated carbocycles. The first-order chi connectivity index (χ1) is 13.1. The summed E-state index contributed by atoms with van der Waals surface area (Å²) in [6, 6.07) is 11.4. The number of hydrogen-bond donors (Lipinski definition) is 0. The van der Waals surface area contributed by atoms with Crippen molar-refractivity contribution >= 4 is 23.4 Å². The summed E-state index contributed by atoms with van der Waals surface area (Å²) in [4.78, 5) is 41.4. The number of imide groups is 1. The molecule has 3 amide bonds. The van der Waals surface area contributed by atoms with E-state index in [2.05, 4.69) is 0 Å². The second-order valence-electron chi connectivity index (χ2n) is 7.98. The molecule has 1 unspecified atom stereocenters. The minimum atomic E-state index is -0.911. The Labute approximate surface area is 163 Å². The zero-order valence-electron chi connectivity index (χ0n) is 16.4. The van der Waals surface area contributed by atoms with Gasteiger partial charge in [-0.05, 0) is 64.1 Å². The van der Waals surface area contributed by atoms with E-state index in [-0.39, 0.29) is 12.3 Å². The number of benzene rings is 2. The lowest BCUT2D eigenvalue weighted by Gasteiger charge is -2.39. The molecule has 1 heterocycles. The molecular formula is C22H23FN2O3. The van der Waals surface area contributed by atoms with Crippen LogP contribution in [0, 0.1) is 12.7 Å². The molecule has 1 aliphatic rings. The fraction of sp³-hybridized carbons (Fsp3) is 0.318. The number of hydrogen-bond acceptors (Lipinski definition) is 3. The smallest absolute Gasteiger partial charge is 0.257 e. The topological polar surface area (TPSA) is 57.7 Å². The van der Waals surface area contributed by atoms with E-state index in [1.165, 1.54) is 29.2 Å². The quantitative estimate of drug-likeness (QED) is 0.761. The summed E-state index contributed by atoms with van der Waals surface area (Å²) in [7, 11) is 0. The summed E-state index contributed by atoms with van der Waals surface area (Å²) in [5.41, 5.74) is 1.10. The van der Waals surface area contributed by atoms with Gasteiger partial charge in [0.25, 0.3) is 11.8 Å². The third kappa shape index (κ3) is 3.67. The molecule has 1 atom stereocenters. The Hall–Kier alpha value is -3.02. The summed E-state index contributed by atoms with van der Waals surface area (Å²) in [5, 5.41) is 0. The monoisotopic (exact) mass is 382 g/mol. The van der Waals surface area contributed by atoms with E-state index in [9.17, 15) is 18.8 Å². The molecule has 0 aromatic heterocycles. The highest BCUT2D eigenvalue weighted by molar-refractivity contribution is 6.23. The lowest BCUT2D eigenvalue weighted by atomic mass is 9.99. The van der Waals surface area contributed by atoms with Crippen LogP contribution in [0.5, 0.6) is 0 Å². The van der Waals surface area contributed by atoms with Gasteiger partial charge in [-0.2, -0.15) is 0 Å². The Morgan fingerprint density at radius 3 is 2.14 bits per heavy atom. The number of aryl methyl sites for hydroxylation is 1. The summed E-state index contributed by atoms with van der Waals surface area (Å²) >= 11 is 0. The van der Waals surface area contributed by atoms with Gasteiger partial charge in [0.15, 0.2) is 0 Å². The van der Waals surface area contributed by atoms with Gasteiger partial charge in [-0.25, -0.2) is 9.29 Å². The van der Waals surface area contributed by atoms with E-state index in [1.54, 1.807) is 12.1 Å². The maximum absolute atomic E-state index is 13.2. The second-order valence-corrected chi connectivity index (χ2v) is 7.98. The van der Waals surface area contributed by atoms with Crippen LogP contribution in [0.25, 0.3) is 0 Å². The molecule has 2 aromatic rings. The molecule has 146 valence electrons. The van der Waals surface area contributed by atoms with Crippen LogP contribution < -0.4 is 4.90 Å². The zero-order chi connectivity index (χ0) is 20.6. The van der Waals surface area contributed by atoms with Gasteiger partial charge in [-0.15, -0.1) is 0 Å². The lowest BCUT2D eigenvalue weighted by molar-refractivity contribution is -0.123. The Kier molecular flexibility index (Phi) is 5.06. The summed E-state index contributed by atoms with van der Waals surface area (Å²) < 4.78 is 13.2. The fourth-order valence-corrected chi connectivity index (χ4v) is 3.43. The van der Waals surface area contributed by atoms with E-state index in [1.807, 2.05) is 39.8 Å². The van der Waals surface area contributed by atoms with Crippen LogP contribution >= 0.6 is 0 Å². The van der Waals surface area contributed by atoms with Gasteiger partial charge in [0.05, 0.1) is 12.1 Å². The van der Waals surface area contributed by atoms with Crippen LogP contribution in [0.3, 0.4) is 0 Å². The molecule has 3 rings (SSSR count). The summed E-state index contributed by atoms with van der Waals surface area (Å²) in [6.07, 6.45) is -0.106. The van der Waals surface area contributed by atoms with Crippen molar-refractivity contribution in [3.8, 4) is 0 Å². The number of carbonyl (C=O) groups is 3. The van der Waals surface area contributed by atoms with Crippen molar-refractivity contribution in [3.05, 3.63) is 65.5 Å². The molecule has 0 N–H and O–H groups in total. The fourth-order valence-electron chi connectivity index (χ4n) is 3.43. The molecule has 1 saturated heterocycles. The first kappa shape index (κ1) is 19.7. The van der Waals surface area contributed by atoms with Crippen LogP contribution in [0.15, 0.2) is 48.5 Å². The van der Waals surface area contributed by atoms with Crippen molar-refractivity contribution in [2.75, 3.05) is 4.90 Å². The SMILES string of the molecule is Cc1ccc(C(=O)N(C2CC(=O)N(c3ccc(F)cc3)C2=O)C(C)(C)C)cc1. The van der Waals surface area contributed by atoms with Gasteiger partial charge in [0, 0.05) is 11.1 Å². The molecule has 5 nitrogen and oxygen atoms in total. The van der Waals surface area contributed by atoms with Gasteiger partial charge >= 0.3 is 0 Å². The van der Waals surface area contributed by atoms with Crippen LogP contribution in [0.4, 0.5) is 10.1 Å². The maximum atomic E-state index is 13.2. The van der Waals surface area contributed by atoms with E-state index in [0.717, 1.165) is 10.5 Å². The van der Waals surface area contributed by atoms with Gasteiger partial charge in [-0.1, -0.05) is 17.7 Å². The van der Waals surface area contributed by atoms with Crippen LogP contribution in [-0.2, 0) is 9.59 Å². The van der Waals surface area contributed by atoms with Crippen LogP contribution in [-0.4, -0.2) is 34.2 Å². The Balaban J connectivity index is 1.96. The molecule has 1 aliphatic heterocycles. The first-order valence-electron chi connectivity index (χ1n) is 9.12. The van der Waals surface area contributed by atoms with E-state index in [0.29, 0.717) is 11.3 Å². The predicted octanol–water partition coefficient (Wildman–Crippen LogP) is 3.71. The molecule has 6 heteroatoms.